The van der Waals surface area contributed by atoms with Crippen molar-refractivity contribution in [2.24, 2.45) is 0 Å². The van der Waals surface area contributed by atoms with Gasteiger partial charge in [-0.2, -0.15) is 0 Å². The minimum absolute atomic E-state index is 0.150. The number of anilines is 1. The molecule has 0 fully saturated rings. The molecule has 0 saturated carbocycles. The van der Waals surface area contributed by atoms with Crippen molar-refractivity contribution in [1.82, 2.24) is 5.32 Å². The lowest BCUT2D eigenvalue weighted by Gasteiger charge is -2.08. The fourth-order valence-corrected chi connectivity index (χ4v) is 3.59. The lowest BCUT2D eigenvalue weighted by Crippen LogP contribution is -2.23. The van der Waals surface area contributed by atoms with E-state index in [1.807, 2.05) is 48.5 Å². The number of carbonyl (C=O) groups is 1. The number of fused-ring (bicyclic) bond motifs is 1. The maximum absolute atomic E-state index is 12.3. The summed E-state index contributed by atoms with van der Waals surface area (Å²) in [4.78, 5) is 13.4. The van der Waals surface area contributed by atoms with Crippen LogP contribution in [0.2, 0.25) is 0 Å². The molecule has 1 aromatic heterocycles. The molecule has 0 aliphatic carbocycles. The summed E-state index contributed by atoms with van der Waals surface area (Å²) >= 11 is 5.01. The van der Waals surface area contributed by atoms with E-state index < -0.39 is 0 Å². The molecule has 0 atom stereocenters. The number of rotatable bonds is 3. The SMILES string of the molecule is Nc1cc2ccccc2cc1C(=O)NCc1ccc(Br)s1. The number of nitrogens with two attached hydrogens (primary N) is 1. The van der Waals surface area contributed by atoms with Gasteiger partial charge < -0.3 is 11.1 Å². The van der Waals surface area contributed by atoms with Crippen LogP contribution in [-0.4, -0.2) is 5.91 Å². The second kappa shape index (κ2) is 5.87. The third kappa shape index (κ3) is 3.09. The van der Waals surface area contributed by atoms with Gasteiger partial charge in [0.25, 0.3) is 5.91 Å². The third-order valence-corrected chi connectivity index (χ3v) is 4.84. The van der Waals surface area contributed by atoms with Crippen LogP contribution < -0.4 is 11.1 Å². The minimum Gasteiger partial charge on any atom is -0.398 e. The van der Waals surface area contributed by atoms with Gasteiger partial charge in [0.05, 0.1) is 15.9 Å². The molecule has 106 valence electrons. The van der Waals surface area contributed by atoms with Gasteiger partial charge in [-0.1, -0.05) is 24.3 Å². The second-order valence-electron chi connectivity index (χ2n) is 4.68. The number of thiophene rings is 1. The maximum atomic E-state index is 12.3. The highest BCUT2D eigenvalue weighted by molar-refractivity contribution is 9.11. The number of carbonyl (C=O) groups excluding carboxylic acids is 1. The molecule has 21 heavy (non-hydrogen) atoms. The lowest BCUT2D eigenvalue weighted by molar-refractivity contribution is 0.0952. The van der Waals surface area contributed by atoms with Crippen LogP contribution in [-0.2, 0) is 6.54 Å². The number of nitrogen functional groups attached to an aromatic ring is 1. The third-order valence-electron chi connectivity index (χ3n) is 3.21. The molecule has 0 unspecified atom stereocenters. The molecule has 0 spiro atoms. The van der Waals surface area contributed by atoms with Gasteiger partial charge in [-0.25, -0.2) is 0 Å². The van der Waals surface area contributed by atoms with Crippen LogP contribution in [0.25, 0.3) is 10.8 Å². The minimum atomic E-state index is -0.150. The predicted molar refractivity (Wildman–Crippen MR) is 91.5 cm³/mol. The summed E-state index contributed by atoms with van der Waals surface area (Å²) < 4.78 is 1.05. The number of nitrogens with one attached hydrogen (secondary N) is 1. The highest BCUT2D eigenvalue weighted by Crippen LogP contribution is 2.23. The van der Waals surface area contributed by atoms with Gasteiger partial charge in [-0.3, -0.25) is 4.79 Å². The van der Waals surface area contributed by atoms with Crippen molar-refractivity contribution >= 4 is 49.6 Å². The molecule has 1 heterocycles. The standard InChI is InChI=1S/C16H13BrN2OS/c17-15-6-5-12(21-15)9-19-16(20)13-7-10-3-1-2-4-11(10)8-14(13)18/h1-8H,9,18H2,(H,19,20). The molecule has 0 aliphatic rings. The summed E-state index contributed by atoms with van der Waals surface area (Å²) in [6.07, 6.45) is 0. The van der Waals surface area contributed by atoms with Crippen LogP contribution in [0.1, 0.15) is 15.2 Å². The number of halogens is 1. The normalized spacial score (nSPS) is 10.7. The fraction of sp³-hybridized carbons (Fsp3) is 0.0625. The van der Waals surface area contributed by atoms with Gasteiger partial charge in [0, 0.05) is 10.6 Å². The predicted octanol–water partition coefficient (Wildman–Crippen LogP) is 4.18. The molecule has 3 aromatic rings. The van der Waals surface area contributed by atoms with E-state index in [-0.39, 0.29) is 5.91 Å². The summed E-state index contributed by atoms with van der Waals surface area (Å²) in [7, 11) is 0. The van der Waals surface area contributed by atoms with Gasteiger partial charge in [0.15, 0.2) is 0 Å². The molecule has 1 amide bonds. The van der Waals surface area contributed by atoms with Crippen LogP contribution >= 0.6 is 27.3 Å². The van der Waals surface area contributed by atoms with E-state index >= 15 is 0 Å². The van der Waals surface area contributed by atoms with Crippen LogP contribution in [0.5, 0.6) is 0 Å². The summed E-state index contributed by atoms with van der Waals surface area (Å²) in [6.45, 7) is 0.501. The smallest absolute Gasteiger partial charge is 0.253 e. The number of amides is 1. The summed E-state index contributed by atoms with van der Waals surface area (Å²) in [5, 5.41) is 4.95. The van der Waals surface area contributed by atoms with Crippen molar-refractivity contribution in [1.29, 1.82) is 0 Å². The zero-order valence-corrected chi connectivity index (χ0v) is 13.5. The largest absolute Gasteiger partial charge is 0.398 e. The Morgan fingerprint density at radius 1 is 1.14 bits per heavy atom. The van der Waals surface area contributed by atoms with E-state index in [1.165, 1.54) is 0 Å². The van der Waals surface area contributed by atoms with Gasteiger partial charge >= 0.3 is 0 Å². The molecule has 0 saturated heterocycles. The average Bonchev–Trinajstić information content (AvgIpc) is 2.89. The number of hydrogen-bond acceptors (Lipinski definition) is 3. The van der Waals surface area contributed by atoms with Crippen LogP contribution in [0.3, 0.4) is 0 Å². The Morgan fingerprint density at radius 2 is 1.86 bits per heavy atom. The molecule has 3 rings (SSSR count). The van der Waals surface area contributed by atoms with Crippen molar-refractivity contribution in [3.8, 4) is 0 Å². The summed E-state index contributed by atoms with van der Waals surface area (Å²) in [5.41, 5.74) is 7.01. The van der Waals surface area contributed by atoms with Crippen LogP contribution in [0.4, 0.5) is 5.69 Å². The molecule has 3 nitrogen and oxygen atoms in total. The Hall–Kier alpha value is -1.85. The Kier molecular flexibility index (Phi) is 3.94. The monoisotopic (exact) mass is 360 g/mol. The lowest BCUT2D eigenvalue weighted by atomic mass is 10.0. The first-order valence-corrected chi connectivity index (χ1v) is 8.05. The maximum Gasteiger partial charge on any atom is 0.253 e. The second-order valence-corrected chi connectivity index (χ2v) is 7.22. The highest BCUT2D eigenvalue weighted by Gasteiger charge is 2.11. The van der Waals surface area contributed by atoms with E-state index in [4.69, 9.17) is 5.73 Å². The first kappa shape index (κ1) is 14.1. The molecule has 0 radical (unpaired) electrons. The van der Waals surface area contributed by atoms with E-state index in [0.29, 0.717) is 17.8 Å². The van der Waals surface area contributed by atoms with Crippen molar-refractivity contribution in [3.63, 3.8) is 0 Å². The Bertz CT molecular complexity index is 813. The van der Waals surface area contributed by atoms with Crippen LogP contribution in [0, 0.1) is 0 Å². The topological polar surface area (TPSA) is 55.1 Å². The zero-order valence-electron chi connectivity index (χ0n) is 11.1. The average molecular weight is 361 g/mol. The van der Waals surface area contributed by atoms with E-state index in [2.05, 4.69) is 21.2 Å². The van der Waals surface area contributed by atoms with Gasteiger partial charge in [0.2, 0.25) is 0 Å². The quantitative estimate of drug-likeness (QED) is 0.688. The Morgan fingerprint density at radius 3 is 2.52 bits per heavy atom. The van der Waals surface area contributed by atoms with Gasteiger partial charge in [0.1, 0.15) is 0 Å². The van der Waals surface area contributed by atoms with Crippen molar-refractivity contribution < 1.29 is 4.79 Å². The van der Waals surface area contributed by atoms with Crippen LogP contribution in [0.15, 0.2) is 52.3 Å². The highest BCUT2D eigenvalue weighted by atomic mass is 79.9. The fourth-order valence-electron chi connectivity index (χ4n) is 2.16. The summed E-state index contributed by atoms with van der Waals surface area (Å²) in [5.74, 6) is -0.150. The van der Waals surface area contributed by atoms with Gasteiger partial charge in [-0.05, 0) is 51.0 Å². The molecule has 2 aromatic carbocycles. The van der Waals surface area contributed by atoms with Crippen molar-refractivity contribution in [2.75, 3.05) is 5.73 Å². The molecule has 3 N–H and O–H groups in total. The van der Waals surface area contributed by atoms with E-state index in [0.717, 1.165) is 19.4 Å². The molecular weight excluding hydrogens is 348 g/mol. The first-order chi connectivity index (χ1) is 10.1. The van der Waals surface area contributed by atoms with E-state index in [9.17, 15) is 4.79 Å². The zero-order chi connectivity index (χ0) is 14.8. The Labute approximate surface area is 134 Å². The molecule has 5 heteroatoms. The van der Waals surface area contributed by atoms with Crippen molar-refractivity contribution in [2.45, 2.75) is 6.54 Å². The molecule has 0 bridgehead atoms. The number of benzene rings is 2. The number of hydrogen-bond donors (Lipinski definition) is 2. The first-order valence-electron chi connectivity index (χ1n) is 6.44. The van der Waals surface area contributed by atoms with Gasteiger partial charge in [-0.15, -0.1) is 11.3 Å². The molecule has 0 aliphatic heterocycles. The summed E-state index contributed by atoms with van der Waals surface area (Å²) in [6, 6.07) is 15.5. The molecular formula is C16H13BrN2OS. The Balaban J connectivity index is 1.82. The van der Waals surface area contributed by atoms with E-state index in [1.54, 1.807) is 11.3 Å². The van der Waals surface area contributed by atoms with Crippen molar-refractivity contribution in [3.05, 3.63) is 62.8 Å².